The Labute approximate surface area is 180 Å². The highest BCUT2D eigenvalue weighted by molar-refractivity contribution is 5.92. The third-order valence-corrected chi connectivity index (χ3v) is 5.27. The van der Waals surface area contributed by atoms with E-state index in [0.717, 1.165) is 29.8 Å². The van der Waals surface area contributed by atoms with Gasteiger partial charge in [-0.3, -0.25) is 0 Å². The number of rotatable bonds is 7. The van der Waals surface area contributed by atoms with E-state index in [1.54, 1.807) is 6.07 Å². The third-order valence-electron chi connectivity index (χ3n) is 5.27. The van der Waals surface area contributed by atoms with Crippen LogP contribution in [0.3, 0.4) is 0 Å². The summed E-state index contributed by atoms with van der Waals surface area (Å²) >= 11 is 0. The predicted molar refractivity (Wildman–Crippen MR) is 117 cm³/mol. The number of fused-ring (bicyclic) bond motifs is 1. The number of aromatic nitrogens is 3. The smallest absolute Gasteiger partial charge is 0.160 e. The van der Waals surface area contributed by atoms with Gasteiger partial charge in [-0.05, 0) is 32.0 Å². The molecule has 1 atom stereocenters. The molecule has 1 saturated heterocycles. The summed E-state index contributed by atoms with van der Waals surface area (Å²) < 4.78 is 27.3. The molecule has 0 aliphatic carbocycles. The van der Waals surface area contributed by atoms with Crippen molar-refractivity contribution in [2.45, 2.75) is 26.0 Å². The molecule has 1 fully saturated rings. The molecule has 0 spiro atoms. The minimum absolute atomic E-state index is 0.00892. The molecule has 1 unspecified atom stereocenters. The standard InChI is InChI=1S/C22H28FN5O3/c1-14(2)28-22-19(12-25-28)21(27-3-5-30-6-4-27)10-20(26-22)15-7-16(23)9-18(8-15)31-13-17(29)11-24/h7-10,12,14,17,29H,3-6,11,13,24H2,1-2H3. The zero-order valence-corrected chi connectivity index (χ0v) is 17.8. The molecule has 0 radical (unpaired) electrons. The summed E-state index contributed by atoms with van der Waals surface area (Å²) in [5.41, 5.74) is 8.38. The number of ether oxygens (including phenoxy) is 2. The molecule has 4 rings (SSSR count). The second kappa shape index (κ2) is 9.17. The fourth-order valence-electron chi connectivity index (χ4n) is 3.65. The van der Waals surface area contributed by atoms with E-state index >= 15 is 0 Å². The molecule has 0 bridgehead atoms. The summed E-state index contributed by atoms with van der Waals surface area (Å²) in [5, 5.41) is 15.1. The van der Waals surface area contributed by atoms with Crippen molar-refractivity contribution >= 4 is 16.7 Å². The van der Waals surface area contributed by atoms with Crippen LogP contribution in [0.2, 0.25) is 0 Å². The van der Waals surface area contributed by atoms with E-state index in [4.69, 9.17) is 20.2 Å². The van der Waals surface area contributed by atoms with Crippen LogP contribution in [0, 0.1) is 5.82 Å². The van der Waals surface area contributed by atoms with E-state index in [9.17, 15) is 9.50 Å². The van der Waals surface area contributed by atoms with Crippen LogP contribution in [0.4, 0.5) is 10.1 Å². The van der Waals surface area contributed by atoms with E-state index in [0.29, 0.717) is 30.2 Å². The number of aliphatic hydroxyl groups is 1. The van der Waals surface area contributed by atoms with Gasteiger partial charge in [0.25, 0.3) is 0 Å². The van der Waals surface area contributed by atoms with Gasteiger partial charge in [0, 0.05) is 37.3 Å². The van der Waals surface area contributed by atoms with Gasteiger partial charge in [-0.2, -0.15) is 5.10 Å². The molecule has 0 saturated carbocycles. The second-order valence-corrected chi connectivity index (χ2v) is 7.92. The maximum atomic E-state index is 14.4. The van der Waals surface area contributed by atoms with Gasteiger partial charge in [-0.1, -0.05) is 0 Å². The van der Waals surface area contributed by atoms with Crippen molar-refractivity contribution in [3.05, 3.63) is 36.3 Å². The summed E-state index contributed by atoms with van der Waals surface area (Å²) in [6.07, 6.45) is 1.03. The van der Waals surface area contributed by atoms with Gasteiger partial charge in [0.1, 0.15) is 24.3 Å². The molecule has 166 valence electrons. The molecule has 3 N–H and O–H groups in total. The van der Waals surface area contributed by atoms with Gasteiger partial charge < -0.3 is 25.2 Å². The molecule has 1 aliphatic rings. The number of aliphatic hydroxyl groups excluding tert-OH is 1. The van der Waals surface area contributed by atoms with Crippen molar-refractivity contribution in [3.8, 4) is 17.0 Å². The zero-order valence-electron chi connectivity index (χ0n) is 17.8. The van der Waals surface area contributed by atoms with Gasteiger partial charge in [-0.15, -0.1) is 0 Å². The number of halogens is 1. The lowest BCUT2D eigenvalue weighted by molar-refractivity contribution is 0.114. The fourth-order valence-corrected chi connectivity index (χ4v) is 3.65. The van der Waals surface area contributed by atoms with Crippen LogP contribution in [0.15, 0.2) is 30.5 Å². The molecule has 1 aliphatic heterocycles. The molecule has 0 amide bonds. The average molecular weight is 429 g/mol. The average Bonchev–Trinajstić information content (AvgIpc) is 3.21. The molecule has 9 heteroatoms. The number of nitrogens with two attached hydrogens (primary N) is 1. The topological polar surface area (TPSA) is 98.7 Å². The number of benzene rings is 1. The summed E-state index contributed by atoms with van der Waals surface area (Å²) in [6, 6.07) is 6.53. The SMILES string of the molecule is CC(C)n1ncc2c(N3CCOCC3)cc(-c3cc(F)cc(OCC(O)CN)c3)nc21. The maximum absolute atomic E-state index is 14.4. The number of anilines is 1. The van der Waals surface area contributed by atoms with E-state index in [-0.39, 0.29) is 19.2 Å². The number of nitrogens with zero attached hydrogens (tertiary/aromatic N) is 4. The quantitative estimate of drug-likeness (QED) is 0.595. The van der Waals surface area contributed by atoms with Gasteiger partial charge in [0.2, 0.25) is 0 Å². The van der Waals surface area contributed by atoms with Crippen LogP contribution in [0.5, 0.6) is 5.75 Å². The Balaban J connectivity index is 1.79. The largest absolute Gasteiger partial charge is 0.491 e. The van der Waals surface area contributed by atoms with Crippen molar-refractivity contribution in [1.29, 1.82) is 0 Å². The normalized spacial score (nSPS) is 15.6. The molecule has 3 heterocycles. The molecule has 8 nitrogen and oxygen atoms in total. The predicted octanol–water partition coefficient (Wildman–Crippen LogP) is 2.35. The van der Waals surface area contributed by atoms with Crippen LogP contribution < -0.4 is 15.4 Å². The Morgan fingerprint density at radius 3 is 2.71 bits per heavy atom. The summed E-state index contributed by atoms with van der Waals surface area (Å²) in [4.78, 5) is 7.07. The molecular weight excluding hydrogens is 401 g/mol. The van der Waals surface area contributed by atoms with Crippen LogP contribution in [-0.2, 0) is 4.74 Å². The molecule has 1 aromatic carbocycles. The van der Waals surface area contributed by atoms with Crippen LogP contribution in [0.25, 0.3) is 22.3 Å². The first-order valence-electron chi connectivity index (χ1n) is 10.5. The number of hydrogen-bond acceptors (Lipinski definition) is 7. The lowest BCUT2D eigenvalue weighted by Crippen LogP contribution is -2.36. The highest BCUT2D eigenvalue weighted by atomic mass is 19.1. The van der Waals surface area contributed by atoms with Crippen LogP contribution in [0.1, 0.15) is 19.9 Å². The first-order chi connectivity index (χ1) is 15.0. The summed E-state index contributed by atoms with van der Waals surface area (Å²) in [6.45, 7) is 6.99. The second-order valence-electron chi connectivity index (χ2n) is 7.92. The first-order valence-corrected chi connectivity index (χ1v) is 10.5. The minimum atomic E-state index is -0.811. The van der Waals surface area contributed by atoms with E-state index < -0.39 is 11.9 Å². The van der Waals surface area contributed by atoms with E-state index in [2.05, 4.69) is 10.00 Å². The first kappa shape index (κ1) is 21.5. The Bertz CT molecular complexity index is 1050. The van der Waals surface area contributed by atoms with Crippen molar-refractivity contribution in [2.24, 2.45) is 5.73 Å². The lowest BCUT2D eigenvalue weighted by Gasteiger charge is -2.29. The Morgan fingerprint density at radius 1 is 1.23 bits per heavy atom. The summed E-state index contributed by atoms with van der Waals surface area (Å²) in [5.74, 6) is -0.128. The highest BCUT2D eigenvalue weighted by Gasteiger charge is 2.20. The van der Waals surface area contributed by atoms with Crippen molar-refractivity contribution in [3.63, 3.8) is 0 Å². The van der Waals surface area contributed by atoms with Crippen LogP contribution >= 0.6 is 0 Å². The van der Waals surface area contributed by atoms with E-state index in [1.165, 1.54) is 12.1 Å². The number of morpholine rings is 1. The Morgan fingerprint density at radius 2 is 2.00 bits per heavy atom. The van der Waals surface area contributed by atoms with Gasteiger partial charge in [-0.25, -0.2) is 14.1 Å². The van der Waals surface area contributed by atoms with Gasteiger partial charge in [0.15, 0.2) is 5.65 Å². The maximum Gasteiger partial charge on any atom is 0.160 e. The molecule has 2 aromatic heterocycles. The Hall–Kier alpha value is -2.75. The van der Waals surface area contributed by atoms with Gasteiger partial charge >= 0.3 is 0 Å². The summed E-state index contributed by atoms with van der Waals surface area (Å²) in [7, 11) is 0. The fraction of sp³-hybridized carbons (Fsp3) is 0.455. The minimum Gasteiger partial charge on any atom is -0.491 e. The zero-order chi connectivity index (χ0) is 22.0. The lowest BCUT2D eigenvalue weighted by atomic mass is 10.1. The monoisotopic (exact) mass is 429 g/mol. The molecule has 31 heavy (non-hydrogen) atoms. The molecular formula is C22H28FN5O3. The Kier molecular flexibility index (Phi) is 6.35. The van der Waals surface area contributed by atoms with E-state index in [1.807, 2.05) is 30.8 Å². The molecule has 3 aromatic rings. The van der Waals surface area contributed by atoms with Crippen molar-refractivity contribution < 1.29 is 19.0 Å². The highest BCUT2D eigenvalue weighted by Crippen LogP contribution is 2.34. The van der Waals surface area contributed by atoms with Gasteiger partial charge in [0.05, 0.1) is 36.2 Å². The van der Waals surface area contributed by atoms with Crippen molar-refractivity contribution in [2.75, 3.05) is 44.4 Å². The number of pyridine rings is 1. The van der Waals surface area contributed by atoms with Crippen LogP contribution in [-0.4, -0.2) is 65.4 Å². The number of hydrogen-bond donors (Lipinski definition) is 2. The third kappa shape index (κ3) is 4.63. The van der Waals surface area contributed by atoms with Crippen molar-refractivity contribution in [1.82, 2.24) is 14.8 Å².